The molecule has 8 heteroatoms. The minimum absolute atomic E-state index is 0.0307. The standard InChI is InChI=1S/C38H58O7Si/c1-29-26-37(43-34(29)20-25-41-27-30-12-10-9-11-13-30)22-23-38(44-37)36(5,45-46(7,8)35(2,3)4)21-18-33(42-38)19-24-40-28-31-14-16-32(39-6)17-15-31/h9-17,29,33-34H,18-28H2,1-8H3/t29-,33-,34+,36+,37?,38+/m0/s1. The van der Waals surface area contributed by atoms with Crippen molar-refractivity contribution in [3.8, 4) is 5.75 Å². The largest absolute Gasteiger partial charge is 0.497 e. The number of rotatable bonds is 13. The van der Waals surface area contributed by atoms with Crippen LogP contribution >= 0.6 is 0 Å². The molecule has 0 N–H and O–H groups in total. The van der Waals surface area contributed by atoms with E-state index < -0.39 is 25.5 Å². The SMILES string of the molecule is COc1ccc(COCC[C@@H]2CC[C@@](C)(O[Si](C)(C)C(C)(C)C)[C@]3(CCC4(C[C@H](C)[C@@H](CCOCc5ccccc5)O4)O3)O2)cc1. The zero-order valence-electron chi connectivity index (χ0n) is 29.6. The molecule has 46 heavy (non-hydrogen) atoms. The summed E-state index contributed by atoms with van der Waals surface area (Å²) in [5.74, 6) is -0.298. The lowest BCUT2D eigenvalue weighted by Crippen LogP contribution is -2.65. The van der Waals surface area contributed by atoms with E-state index in [0.29, 0.717) is 32.3 Å². The van der Waals surface area contributed by atoms with Crippen LogP contribution in [0.4, 0.5) is 0 Å². The van der Waals surface area contributed by atoms with Gasteiger partial charge in [0.2, 0.25) is 0 Å². The van der Waals surface area contributed by atoms with Crippen molar-refractivity contribution in [3.63, 3.8) is 0 Å². The predicted molar refractivity (Wildman–Crippen MR) is 183 cm³/mol. The molecule has 3 aliphatic heterocycles. The Labute approximate surface area is 278 Å². The van der Waals surface area contributed by atoms with E-state index in [4.69, 9.17) is 32.8 Å². The first-order chi connectivity index (χ1) is 21.8. The monoisotopic (exact) mass is 654 g/mol. The summed E-state index contributed by atoms with van der Waals surface area (Å²) < 4.78 is 45.8. The third kappa shape index (κ3) is 8.08. The quantitative estimate of drug-likeness (QED) is 0.158. The van der Waals surface area contributed by atoms with E-state index in [0.717, 1.165) is 56.3 Å². The molecular weight excluding hydrogens is 596 g/mol. The maximum atomic E-state index is 7.27. The fourth-order valence-electron chi connectivity index (χ4n) is 7.06. The van der Waals surface area contributed by atoms with Gasteiger partial charge in [-0.2, -0.15) is 0 Å². The summed E-state index contributed by atoms with van der Waals surface area (Å²) in [7, 11) is -0.453. The van der Waals surface area contributed by atoms with Crippen LogP contribution < -0.4 is 4.74 Å². The Balaban J connectivity index is 1.23. The van der Waals surface area contributed by atoms with Gasteiger partial charge in [-0.1, -0.05) is 70.2 Å². The van der Waals surface area contributed by atoms with Crippen LogP contribution in [0.3, 0.4) is 0 Å². The van der Waals surface area contributed by atoms with E-state index in [9.17, 15) is 0 Å². The molecule has 5 rings (SSSR count). The average molecular weight is 655 g/mol. The molecule has 2 aromatic carbocycles. The summed E-state index contributed by atoms with van der Waals surface area (Å²) in [4.78, 5) is 0. The van der Waals surface area contributed by atoms with Crippen LogP contribution in [0.5, 0.6) is 5.75 Å². The first-order valence-electron chi connectivity index (χ1n) is 17.4. The molecule has 0 saturated carbocycles. The fourth-order valence-corrected chi connectivity index (χ4v) is 8.75. The van der Waals surface area contributed by atoms with Gasteiger partial charge in [0.1, 0.15) is 11.4 Å². The van der Waals surface area contributed by atoms with Gasteiger partial charge in [-0.25, -0.2) is 0 Å². The summed E-state index contributed by atoms with van der Waals surface area (Å²) in [5.41, 5.74) is 1.76. The van der Waals surface area contributed by atoms with Crippen LogP contribution in [0.1, 0.15) is 90.7 Å². The number of hydrogen-bond acceptors (Lipinski definition) is 7. The molecule has 3 fully saturated rings. The lowest BCUT2D eigenvalue weighted by Gasteiger charge is -2.55. The van der Waals surface area contributed by atoms with Gasteiger partial charge in [0.15, 0.2) is 19.9 Å². The van der Waals surface area contributed by atoms with Gasteiger partial charge in [0, 0.05) is 32.5 Å². The molecule has 0 amide bonds. The Morgan fingerprint density at radius 1 is 0.848 bits per heavy atom. The fraction of sp³-hybridized carbons (Fsp3) is 0.684. The van der Waals surface area contributed by atoms with Crippen LogP contribution in [0.15, 0.2) is 54.6 Å². The Hall–Kier alpha value is -1.78. The maximum absolute atomic E-state index is 7.27. The van der Waals surface area contributed by atoms with Gasteiger partial charge in [0.05, 0.1) is 32.5 Å². The molecule has 2 aromatic rings. The predicted octanol–water partition coefficient (Wildman–Crippen LogP) is 8.80. The average Bonchev–Trinajstić information content (AvgIpc) is 3.53. The van der Waals surface area contributed by atoms with Gasteiger partial charge >= 0.3 is 0 Å². The van der Waals surface area contributed by atoms with Crippen molar-refractivity contribution in [3.05, 3.63) is 65.7 Å². The third-order valence-corrected chi connectivity index (χ3v) is 15.5. The van der Waals surface area contributed by atoms with E-state index in [1.807, 2.05) is 42.5 Å². The van der Waals surface area contributed by atoms with E-state index in [2.05, 4.69) is 59.8 Å². The Morgan fingerprint density at radius 3 is 2.15 bits per heavy atom. The summed E-state index contributed by atoms with van der Waals surface area (Å²) >= 11 is 0. The second-order valence-corrected chi connectivity index (χ2v) is 20.2. The lowest BCUT2D eigenvalue weighted by molar-refractivity contribution is -0.384. The first-order valence-corrected chi connectivity index (χ1v) is 20.3. The molecule has 7 nitrogen and oxygen atoms in total. The molecule has 0 bridgehead atoms. The highest BCUT2D eigenvalue weighted by atomic mass is 28.4. The van der Waals surface area contributed by atoms with Gasteiger partial charge in [-0.05, 0) is 79.9 Å². The topological polar surface area (TPSA) is 64.6 Å². The highest BCUT2D eigenvalue weighted by Gasteiger charge is 2.66. The molecular formula is C38H58O7Si. The highest BCUT2D eigenvalue weighted by Crippen LogP contribution is 2.58. The minimum Gasteiger partial charge on any atom is -0.497 e. The zero-order chi connectivity index (χ0) is 33.1. The summed E-state index contributed by atoms with van der Waals surface area (Å²) in [6.45, 7) is 18.5. The Bertz CT molecular complexity index is 1250. The van der Waals surface area contributed by atoms with Crippen molar-refractivity contribution in [1.82, 2.24) is 0 Å². The summed E-state index contributed by atoms with van der Waals surface area (Å²) in [5, 5.41) is 0.0723. The second kappa shape index (κ2) is 14.4. The molecule has 0 aromatic heterocycles. The smallest absolute Gasteiger partial charge is 0.199 e. The van der Waals surface area contributed by atoms with Crippen molar-refractivity contribution >= 4 is 8.32 Å². The normalized spacial score (nSPS) is 31.6. The van der Waals surface area contributed by atoms with Crippen molar-refractivity contribution in [2.45, 2.75) is 140 Å². The molecule has 1 unspecified atom stereocenters. The molecule has 6 atom stereocenters. The molecule has 256 valence electrons. The van der Waals surface area contributed by atoms with Crippen molar-refractivity contribution < 1.29 is 32.8 Å². The van der Waals surface area contributed by atoms with E-state index in [-0.39, 0.29) is 17.2 Å². The molecule has 3 aliphatic rings. The molecule has 3 saturated heterocycles. The highest BCUT2D eigenvalue weighted by molar-refractivity contribution is 6.74. The van der Waals surface area contributed by atoms with Crippen LogP contribution in [-0.4, -0.2) is 58.0 Å². The van der Waals surface area contributed by atoms with Crippen molar-refractivity contribution in [1.29, 1.82) is 0 Å². The minimum atomic E-state index is -2.13. The first kappa shape index (κ1) is 35.5. The van der Waals surface area contributed by atoms with Crippen LogP contribution in [0.25, 0.3) is 0 Å². The van der Waals surface area contributed by atoms with Crippen molar-refractivity contribution in [2.24, 2.45) is 5.92 Å². The molecule has 2 spiro atoms. The van der Waals surface area contributed by atoms with Gasteiger partial charge in [-0.3, -0.25) is 0 Å². The molecule has 0 radical (unpaired) electrons. The van der Waals surface area contributed by atoms with Crippen LogP contribution in [0, 0.1) is 5.92 Å². The number of ether oxygens (including phenoxy) is 6. The van der Waals surface area contributed by atoms with Crippen molar-refractivity contribution in [2.75, 3.05) is 20.3 Å². The Morgan fingerprint density at radius 2 is 1.50 bits per heavy atom. The number of methoxy groups -OCH3 is 1. The van der Waals surface area contributed by atoms with E-state index >= 15 is 0 Å². The lowest BCUT2D eigenvalue weighted by atomic mass is 9.83. The second-order valence-electron chi connectivity index (χ2n) is 15.5. The summed E-state index contributed by atoms with van der Waals surface area (Å²) in [6, 6.07) is 18.4. The Kier molecular flexibility index (Phi) is 11.1. The van der Waals surface area contributed by atoms with Gasteiger partial charge in [-0.15, -0.1) is 0 Å². The number of benzene rings is 2. The van der Waals surface area contributed by atoms with E-state index in [1.54, 1.807) is 7.11 Å². The third-order valence-electron chi connectivity index (χ3n) is 10.9. The number of hydrogen-bond donors (Lipinski definition) is 0. The maximum Gasteiger partial charge on any atom is 0.199 e. The molecule has 3 heterocycles. The molecule has 0 aliphatic carbocycles. The van der Waals surface area contributed by atoms with Crippen LogP contribution in [-0.2, 0) is 41.3 Å². The van der Waals surface area contributed by atoms with Gasteiger partial charge < -0.3 is 32.8 Å². The zero-order valence-corrected chi connectivity index (χ0v) is 30.6. The van der Waals surface area contributed by atoms with E-state index in [1.165, 1.54) is 5.56 Å². The van der Waals surface area contributed by atoms with Crippen LogP contribution in [0.2, 0.25) is 18.1 Å². The summed E-state index contributed by atoms with van der Waals surface area (Å²) in [6.07, 6.45) is 5.97. The van der Waals surface area contributed by atoms with Gasteiger partial charge in [0.25, 0.3) is 0 Å².